The number of halogens is 4. The second-order valence-corrected chi connectivity index (χ2v) is 6.57. The predicted molar refractivity (Wildman–Crippen MR) is 88.1 cm³/mol. The Balaban J connectivity index is 1.54. The van der Waals surface area contributed by atoms with E-state index in [0.29, 0.717) is 22.4 Å². The Morgan fingerprint density at radius 2 is 1.93 bits per heavy atom. The first-order valence-corrected chi connectivity index (χ1v) is 8.43. The molecule has 27 heavy (non-hydrogen) atoms. The second-order valence-electron chi connectivity index (χ2n) is 6.57. The molecule has 0 atom stereocenters. The van der Waals surface area contributed by atoms with Crippen LogP contribution in [-0.2, 0) is 22.7 Å². The quantitative estimate of drug-likeness (QED) is 0.640. The number of rotatable bonds is 7. The lowest BCUT2D eigenvalue weighted by Crippen LogP contribution is -2.33. The Bertz CT molecular complexity index is 858. The van der Waals surface area contributed by atoms with Gasteiger partial charge in [-0.2, -0.15) is 13.2 Å². The molecule has 0 unspecified atom stereocenters. The van der Waals surface area contributed by atoms with Crippen molar-refractivity contribution in [1.82, 2.24) is 20.6 Å². The topological polar surface area (TPSA) is 86.9 Å². The van der Waals surface area contributed by atoms with Gasteiger partial charge in [-0.25, -0.2) is 9.37 Å². The SMILES string of the molecule is O=C(CCC(F)(F)F)NCc1ccc2nc(CNC(=O)C3(F)CC3)[nH]c2c1. The Labute approximate surface area is 151 Å². The van der Waals surface area contributed by atoms with Crippen molar-refractivity contribution in [3.8, 4) is 0 Å². The van der Waals surface area contributed by atoms with Crippen molar-refractivity contribution in [2.75, 3.05) is 0 Å². The fourth-order valence-electron chi connectivity index (χ4n) is 2.51. The molecule has 0 saturated heterocycles. The summed E-state index contributed by atoms with van der Waals surface area (Å²) in [7, 11) is 0. The van der Waals surface area contributed by atoms with Crippen molar-refractivity contribution >= 4 is 22.8 Å². The fourth-order valence-corrected chi connectivity index (χ4v) is 2.51. The smallest absolute Gasteiger partial charge is 0.352 e. The van der Waals surface area contributed by atoms with Crippen LogP contribution in [0.5, 0.6) is 0 Å². The highest BCUT2D eigenvalue weighted by Gasteiger charge is 2.50. The van der Waals surface area contributed by atoms with Crippen LogP contribution in [0, 0.1) is 0 Å². The summed E-state index contributed by atoms with van der Waals surface area (Å²) in [5, 5.41) is 4.92. The molecule has 1 aromatic heterocycles. The van der Waals surface area contributed by atoms with E-state index < -0.39 is 36.5 Å². The third-order valence-electron chi connectivity index (χ3n) is 4.23. The number of hydrogen-bond donors (Lipinski definition) is 3. The van der Waals surface area contributed by atoms with Crippen LogP contribution < -0.4 is 10.6 Å². The summed E-state index contributed by atoms with van der Waals surface area (Å²) in [6, 6.07) is 5.08. The van der Waals surface area contributed by atoms with Gasteiger partial charge in [-0.3, -0.25) is 9.59 Å². The number of amides is 2. The summed E-state index contributed by atoms with van der Waals surface area (Å²) < 4.78 is 49.9. The molecule has 10 heteroatoms. The third-order valence-corrected chi connectivity index (χ3v) is 4.23. The minimum atomic E-state index is -4.36. The number of carbonyl (C=O) groups is 2. The molecule has 2 aromatic rings. The Morgan fingerprint density at radius 3 is 2.59 bits per heavy atom. The first kappa shape index (κ1) is 19.1. The zero-order valence-corrected chi connectivity index (χ0v) is 14.3. The number of imidazole rings is 1. The minimum absolute atomic E-state index is 0.0582. The first-order chi connectivity index (χ1) is 12.6. The van der Waals surface area contributed by atoms with Crippen molar-refractivity contribution in [3.63, 3.8) is 0 Å². The third kappa shape index (κ3) is 5.18. The van der Waals surface area contributed by atoms with Gasteiger partial charge in [-0.15, -0.1) is 0 Å². The molecule has 1 heterocycles. The van der Waals surface area contributed by atoms with Crippen LogP contribution in [0.3, 0.4) is 0 Å². The molecule has 3 rings (SSSR count). The first-order valence-electron chi connectivity index (χ1n) is 8.43. The number of nitrogens with zero attached hydrogens (tertiary/aromatic N) is 1. The largest absolute Gasteiger partial charge is 0.389 e. The summed E-state index contributed by atoms with van der Waals surface area (Å²) in [6.07, 6.45) is -5.67. The summed E-state index contributed by atoms with van der Waals surface area (Å²) in [6.45, 7) is 0.144. The maximum Gasteiger partial charge on any atom is 0.389 e. The average molecular weight is 386 g/mol. The van der Waals surface area contributed by atoms with Crippen LogP contribution in [-0.4, -0.2) is 33.6 Å². The molecule has 1 aliphatic carbocycles. The van der Waals surface area contributed by atoms with E-state index in [4.69, 9.17) is 0 Å². The van der Waals surface area contributed by atoms with E-state index >= 15 is 0 Å². The Hall–Kier alpha value is -2.65. The van der Waals surface area contributed by atoms with E-state index in [2.05, 4.69) is 20.6 Å². The average Bonchev–Trinajstić information content (AvgIpc) is 3.22. The molecule has 1 saturated carbocycles. The zero-order chi connectivity index (χ0) is 19.7. The maximum absolute atomic E-state index is 13.6. The lowest BCUT2D eigenvalue weighted by molar-refractivity contribution is -0.144. The fraction of sp³-hybridized carbons (Fsp3) is 0.471. The number of fused-ring (bicyclic) bond motifs is 1. The summed E-state index contributed by atoms with van der Waals surface area (Å²) in [5.41, 5.74) is 0.196. The van der Waals surface area contributed by atoms with Gasteiger partial charge in [0.15, 0.2) is 5.67 Å². The monoisotopic (exact) mass is 386 g/mol. The molecule has 0 bridgehead atoms. The molecule has 3 N–H and O–H groups in total. The normalized spacial score (nSPS) is 15.6. The number of alkyl halides is 4. The zero-order valence-electron chi connectivity index (χ0n) is 14.3. The van der Waals surface area contributed by atoms with Gasteiger partial charge in [0, 0.05) is 13.0 Å². The predicted octanol–water partition coefficient (Wildman–Crippen LogP) is 2.64. The van der Waals surface area contributed by atoms with Gasteiger partial charge in [0.2, 0.25) is 5.91 Å². The molecule has 146 valence electrons. The van der Waals surface area contributed by atoms with Crippen molar-refractivity contribution in [2.45, 2.75) is 50.6 Å². The van der Waals surface area contributed by atoms with Crippen LogP contribution in [0.25, 0.3) is 11.0 Å². The number of H-pyrrole nitrogens is 1. The number of aromatic nitrogens is 2. The van der Waals surface area contributed by atoms with Gasteiger partial charge < -0.3 is 15.6 Å². The van der Waals surface area contributed by atoms with E-state index in [9.17, 15) is 27.2 Å². The highest BCUT2D eigenvalue weighted by Crippen LogP contribution is 2.39. The summed E-state index contributed by atoms with van der Waals surface area (Å²) in [5.74, 6) is -0.875. The van der Waals surface area contributed by atoms with Crippen molar-refractivity contribution < 1.29 is 27.2 Å². The summed E-state index contributed by atoms with van der Waals surface area (Å²) in [4.78, 5) is 30.3. The number of nitrogens with one attached hydrogen (secondary N) is 3. The van der Waals surface area contributed by atoms with Crippen LogP contribution in [0.15, 0.2) is 18.2 Å². The van der Waals surface area contributed by atoms with Crippen LogP contribution in [0.2, 0.25) is 0 Å². The Kier molecular flexibility index (Phi) is 5.07. The number of aromatic amines is 1. The van der Waals surface area contributed by atoms with Gasteiger partial charge in [0.05, 0.1) is 24.0 Å². The van der Waals surface area contributed by atoms with Gasteiger partial charge >= 0.3 is 6.18 Å². The molecule has 0 spiro atoms. The number of benzene rings is 1. The lowest BCUT2D eigenvalue weighted by atomic mass is 10.2. The number of carbonyl (C=O) groups excluding carboxylic acids is 2. The van der Waals surface area contributed by atoms with Gasteiger partial charge in [-0.05, 0) is 30.5 Å². The van der Waals surface area contributed by atoms with Crippen molar-refractivity contribution in [3.05, 3.63) is 29.6 Å². The highest BCUT2D eigenvalue weighted by molar-refractivity contribution is 5.87. The van der Waals surface area contributed by atoms with Crippen molar-refractivity contribution in [1.29, 1.82) is 0 Å². The number of hydrogen-bond acceptors (Lipinski definition) is 3. The van der Waals surface area contributed by atoms with Gasteiger partial charge in [0.1, 0.15) is 5.82 Å². The minimum Gasteiger partial charge on any atom is -0.352 e. The standard InChI is InChI=1S/C17H18F4N4O2/c18-16(5-6-16)15(27)23-9-13-24-11-2-1-10(7-12(11)25-13)8-22-14(26)3-4-17(19,20)21/h1-2,7H,3-6,8-9H2,(H,22,26)(H,23,27)(H,24,25). The molecule has 0 radical (unpaired) electrons. The maximum atomic E-state index is 13.6. The molecule has 6 nitrogen and oxygen atoms in total. The van der Waals surface area contributed by atoms with Gasteiger partial charge in [-0.1, -0.05) is 6.07 Å². The van der Waals surface area contributed by atoms with E-state index in [0.717, 1.165) is 0 Å². The van der Waals surface area contributed by atoms with Crippen LogP contribution in [0.4, 0.5) is 17.6 Å². The molecular formula is C17H18F4N4O2. The van der Waals surface area contributed by atoms with E-state index in [-0.39, 0.29) is 25.9 Å². The van der Waals surface area contributed by atoms with Gasteiger partial charge in [0.25, 0.3) is 5.91 Å². The molecule has 1 aliphatic rings. The van der Waals surface area contributed by atoms with Crippen molar-refractivity contribution in [2.24, 2.45) is 0 Å². The van der Waals surface area contributed by atoms with E-state index in [1.165, 1.54) is 0 Å². The highest BCUT2D eigenvalue weighted by atomic mass is 19.4. The summed E-state index contributed by atoms with van der Waals surface area (Å²) >= 11 is 0. The van der Waals surface area contributed by atoms with E-state index in [1.807, 2.05) is 0 Å². The molecule has 2 amide bonds. The molecule has 1 fully saturated rings. The molecule has 1 aromatic carbocycles. The molecule has 0 aliphatic heterocycles. The van der Waals surface area contributed by atoms with E-state index in [1.54, 1.807) is 18.2 Å². The van der Waals surface area contributed by atoms with Crippen LogP contribution >= 0.6 is 0 Å². The lowest BCUT2D eigenvalue weighted by Gasteiger charge is -2.07. The molecular weight excluding hydrogens is 368 g/mol. The second kappa shape index (κ2) is 7.16. The van der Waals surface area contributed by atoms with Crippen LogP contribution in [0.1, 0.15) is 37.1 Å². The Morgan fingerprint density at radius 1 is 1.19 bits per heavy atom.